The maximum atomic E-state index is 12.8. The van der Waals surface area contributed by atoms with Crippen LogP contribution >= 0.6 is 0 Å². The summed E-state index contributed by atoms with van der Waals surface area (Å²) in [6.45, 7) is 0.321. The van der Waals surface area contributed by atoms with Crippen LogP contribution in [0.5, 0.6) is 0 Å². The number of nitrogens with one attached hydrogen (secondary N) is 2. The molecule has 1 saturated carbocycles. The molecule has 2 rings (SSSR count). The molecular formula is C16H23FN2O. The van der Waals surface area contributed by atoms with Gasteiger partial charge in [0.05, 0.1) is 6.54 Å². The van der Waals surface area contributed by atoms with Crippen molar-refractivity contribution in [2.75, 3.05) is 11.9 Å². The zero-order chi connectivity index (χ0) is 14.2. The molecule has 20 heavy (non-hydrogen) atoms. The number of carbonyl (C=O) groups is 1. The molecule has 2 N–H and O–H groups in total. The topological polar surface area (TPSA) is 41.1 Å². The van der Waals surface area contributed by atoms with Crippen molar-refractivity contribution in [3.63, 3.8) is 0 Å². The number of hydrogen-bond donors (Lipinski definition) is 2. The SMILES string of the molecule is O=C(CNC1CCCCCCC1)Nc1ccc(F)cc1. The van der Waals surface area contributed by atoms with Gasteiger partial charge in [-0.15, -0.1) is 0 Å². The lowest BCUT2D eigenvalue weighted by Gasteiger charge is -2.20. The van der Waals surface area contributed by atoms with Crippen LogP contribution in [0.2, 0.25) is 0 Å². The fourth-order valence-electron chi connectivity index (χ4n) is 2.64. The third kappa shape index (κ3) is 5.29. The Labute approximate surface area is 120 Å². The van der Waals surface area contributed by atoms with E-state index in [4.69, 9.17) is 0 Å². The molecule has 1 aromatic rings. The molecule has 4 heteroatoms. The maximum absolute atomic E-state index is 12.8. The second kappa shape index (κ2) is 8.00. The average Bonchev–Trinajstić information content (AvgIpc) is 2.40. The van der Waals surface area contributed by atoms with Gasteiger partial charge in [0.2, 0.25) is 5.91 Å². The third-order valence-electron chi connectivity index (χ3n) is 3.78. The van der Waals surface area contributed by atoms with Gasteiger partial charge in [-0.2, -0.15) is 0 Å². The Morgan fingerprint density at radius 3 is 2.30 bits per heavy atom. The van der Waals surface area contributed by atoms with Gasteiger partial charge in [-0.05, 0) is 37.1 Å². The zero-order valence-corrected chi connectivity index (χ0v) is 11.8. The van der Waals surface area contributed by atoms with Crippen LogP contribution in [0.3, 0.4) is 0 Å². The summed E-state index contributed by atoms with van der Waals surface area (Å²) in [6.07, 6.45) is 8.76. The Morgan fingerprint density at radius 2 is 1.65 bits per heavy atom. The minimum atomic E-state index is -0.296. The van der Waals surface area contributed by atoms with E-state index in [1.807, 2.05) is 0 Å². The van der Waals surface area contributed by atoms with Crippen molar-refractivity contribution in [1.29, 1.82) is 0 Å². The molecule has 3 nitrogen and oxygen atoms in total. The zero-order valence-electron chi connectivity index (χ0n) is 11.8. The number of benzene rings is 1. The second-order valence-electron chi connectivity index (χ2n) is 5.48. The van der Waals surface area contributed by atoms with E-state index in [1.165, 1.54) is 44.2 Å². The summed E-state index contributed by atoms with van der Waals surface area (Å²) in [5, 5.41) is 6.10. The molecule has 0 unspecified atom stereocenters. The predicted octanol–water partition coefficient (Wildman–Crippen LogP) is 3.47. The first-order valence-corrected chi connectivity index (χ1v) is 7.53. The molecule has 1 amide bonds. The minimum absolute atomic E-state index is 0.0707. The quantitative estimate of drug-likeness (QED) is 0.885. The number of hydrogen-bond acceptors (Lipinski definition) is 2. The average molecular weight is 278 g/mol. The summed E-state index contributed by atoms with van der Waals surface area (Å²) in [6, 6.07) is 6.29. The van der Waals surface area contributed by atoms with Crippen LogP contribution in [0.4, 0.5) is 10.1 Å². The van der Waals surface area contributed by atoms with Gasteiger partial charge in [-0.25, -0.2) is 4.39 Å². The summed E-state index contributed by atoms with van der Waals surface area (Å²) in [4.78, 5) is 11.8. The van der Waals surface area contributed by atoms with Crippen molar-refractivity contribution in [3.8, 4) is 0 Å². The fourth-order valence-corrected chi connectivity index (χ4v) is 2.64. The van der Waals surface area contributed by atoms with Gasteiger partial charge in [-0.1, -0.05) is 32.1 Å². The van der Waals surface area contributed by atoms with Crippen molar-refractivity contribution in [3.05, 3.63) is 30.1 Å². The summed E-state index contributed by atoms with van der Waals surface area (Å²) >= 11 is 0. The lowest BCUT2D eigenvalue weighted by molar-refractivity contribution is -0.115. The molecule has 0 atom stereocenters. The number of halogens is 1. The molecule has 110 valence electrons. The van der Waals surface area contributed by atoms with Crippen molar-refractivity contribution >= 4 is 11.6 Å². The van der Waals surface area contributed by atoms with E-state index in [9.17, 15) is 9.18 Å². The first-order valence-electron chi connectivity index (χ1n) is 7.53. The largest absolute Gasteiger partial charge is 0.325 e. The first-order chi connectivity index (χ1) is 9.74. The van der Waals surface area contributed by atoms with Crippen LogP contribution in [0, 0.1) is 5.82 Å². The van der Waals surface area contributed by atoms with Gasteiger partial charge in [0, 0.05) is 11.7 Å². The molecule has 1 fully saturated rings. The highest BCUT2D eigenvalue weighted by Crippen LogP contribution is 2.17. The van der Waals surface area contributed by atoms with E-state index in [2.05, 4.69) is 10.6 Å². The van der Waals surface area contributed by atoms with Crippen molar-refractivity contribution in [2.24, 2.45) is 0 Å². The van der Waals surface area contributed by atoms with Crippen LogP contribution in [0.1, 0.15) is 44.9 Å². The Kier molecular flexibility index (Phi) is 5.99. The van der Waals surface area contributed by atoms with Crippen molar-refractivity contribution < 1.29 is 9.18 Å². The molecule has 1 aliphatic rings. The molecule has 0 bridgehead atoms. The normalized spacial score (nSPS) is 17.2. The fraction of sp³-hybridized carbons (Fsp3) is 0.562. The molecule has 0 aromatic heterocycles. The highest BCUT2D eigenvalue weighted by Gasteiger charge is 2.12. The lowest BCUT2D eigenvalue weighted by Crippen LogP contribution is -2.36. The smallest absolute Gasteiger partial charge is 0.238 e. The van der Waals surface area contributed by atoms with E-state index in [-0.39, 0.29) is 11.7 Å². The Bertz CT molecular complexity index is 411. The van der Waals surface area contributed by atoms with Crippen LogP contribution in [0.25, 0.3) is 0 Å². The Morgan fingerprint density at radius 1 is 1.05 bits per heavy atom. The molecule has 1 aromatic carbocycles. The molecule has 0 saturated heterocycles. The van der Waals surface area contributed by atoms with Crippen LogP contribution < -0.4 is 10.6 Å². The van der Waals surface area contributed by atoms with Gasteiger partial charge in [0.1, 0.15) is 5.82 Å². The van der Waals surface area contributed by atoms with Crippen LogP contribution in [-0.2, 0) is 4.79 Å². The van der Waals surface area contributed by atoms with E-state index in [1.54, 1.807) is 12.1 Å². The van der Waals surface area contributed by atoms with Gasteiger partial charge in [0.15, 0.2) is 0 Å². The highest BCUT2D eigenvalue weighted by molar-refractivity contribution is 5.92. The van der Waals surface area contributed by atoms with Crippen LogP contribution in [-0.4, -0.2) is 18.5 Å². The summed E-state index contributed by atoms with van der Waals surface area (Å²) < 4.78 is 12.8. The highest BCUT2D eigenvalue weighted by atomic mass is 19.1. The van der Waals surface area contributed by atoms with Gasteiger partial charge < -0.3 is 10.6 Å². The molecule has 0 spiro atoms. The van der Waals surface area contributed by atoms with E-state index in [0.29, 0.717) is 18.3 Å². The molecule has 1 aliphatic carbocycles. The number of carbonyl (C=O) groups excluding carboxylic acids is 1. The van der Waals surface area contributed by atoms with Crippen molar-refractivity contribution in [1.82, 2.24) is 5.32 Å². The predicted molar refractivity (Wildman–Crippen MR) is 79.1 cm³/mol. The van der Waals surface area contributed by atoms with Gasteiger partial charge in [0.25, 0.3) is 0 Å². The van der Waals surface area contributed by atoms with Gasteiger partial charge >= 0.3 is 0 Å². The monoisotopic (exact) mass is 278 g/mol. The Balaban J connectivity index is 1.72. The standard InChI is InChI=1S/C16H23FN2O/c17-13-8-10-15(11-9-13)19-16(20)12-18-14-6-4-2-1-3-5-7-14/h8-11,14,18H,1-7,12H2,(H,19,20). The molecule has 0 aliphatic heterocycles. The molecule has 0 heterocycles. The van der Waals surface area contributed by atoms with Crippen LogP contribution in [0.15, 0.2) is 24.3 Å². The Hall–Kier alpha value is -1.42. The number of rotatable bonds is 4. The minimum Gasteiger partial charge on any atom is -0.325 e. The van der Waals surface area contributed by atoms with E-state index < -0.39 is 0 Å². The summed E-state index contributed by atoms with van der Waals surface area (Å²) in [7, 11) is 0. The van der Waals surface area contributed by atoms with Gasteiger partial charge in [-0.3, -0.25) is 4.79 Å². The number of amides is 1. The number of anilines is 1. The summed E-state index contributed by atoms with van der Waals surface area (Å²) in [5.74, 6) is -0.366. The van der Waals surface area contributed by atoms with E-state index >= 15 is 0 Å². The first kappa shape index (κ1) is 15.0. The lowest BCUT2D eigenvalue weighted by atomic mass is 9.97. The maximum Gasteiger partial charge on any atom is 0.238 e. The summed E-state index contributed by atoms with van der Waals surface area (Å²) in [5.41, 5.74) is 0.635. The van der Waals surface area contributed by atoms with E-state index in [0.717, 1.165) is 12.8 Å². The third-order valence-corrected chi connectivity index (χ3v) is 3.78. The molecular weight excluding hydrogens is 255 g/mol. The van der Waals surface area contributed by atoms with Crippen molar-refractivity contribution in [2.45, 2.75) is 51.0 Å². The second-order valence-corrected chi connectivity index (χ2v) is 5.48. The molecule has 0 radical (unpaired) electrons.